The van der Waals surface area contributed by atoms with Gasteiger partial charge < -0.3 is 9.88 Å². The van der Waals surface area contributed by atoms with Gasteiger partial charge >= 0.3 is 5.69 Å². The van der Waals surface area contributed by atoms with Crippen LogP contribution in [-0.4, -0.2) is 34.1 Å². The maximum Gasteiger partial charge on any atom is 0.326 e. The second-order valence-corrected chi connectivity index (χ2v) is 8.50. The average molecular weight is 434 g/mol. The third kappa shape index (κ3) is 4.10. The van der Waals surface area contributed by atoms with Crippen molar-refractivity contribution in [1.29, 1.82) is 0 Å². The van der Waals surface area contributed by atoms with Gasteiger partial charge in [-0.3, -0.25) is 4.57 Å². The highest BCUT2D eigenvalue weighted by Crippen LogP contribution is 2.30. The van der Waals surface area contributed by atoms with Crippen molar-refractivity contribution in [1.82, 2.24) is 14.5 Å². The predicted molar refractivity (Wildman–Crippen MR) is 122 cm³/mol. The molecule has 1 aliphatic heterocycles. The van der Waals surface area contributed by atoms with E-state index in [-0.39, 0.29) is 29.3 Å². The summed E-state index contributed by atoms with van der Waals surface area (Å²) in [6.45, 7) is 2.47. The third-order valence-corrected chi connectivity index (χ3v) is 6.53. The van der Waals surface area contributed by atoms with E-state index in [4.69, 9.17) is 0 Å². The molecule has 32 heavy (non-hydrogen) atoms. The molecule has 1 N–H and O–H groups in total. The molecule has 1 aliphatic rings. The summed E-state index contributed by atoms with van der Waals surface area (Å²) in [6.07, 6.45) is 1.75. The van der Waals surface area contributed by atoms with Gasteiger partial charge in [-0.25, -0.2) is 13.6 Å². The highest BCUT2D eigenvalue weighted by atomic mass is 19.1. The molecule has 4 aromatic rings. The van der Waals surface area contributed by atoms with Crippen LogP contribution in [0.15, 0.2) is 77.6 Å². The Kier molecular flexibility index (Phi) is 5.62. The Morgan fingerprint density at radius 2 is 1.41 bits per heavy atom. The van der Waals surface area contributed by atoms with Crippen LogP contribution in [-0.2, 0) is 0 Å². The van der Waals surface area contributed by atoms with Gasteiger partial charge in [-0.15, -0.1) is 0 Å². The Balaban J connectivity index is 1.34. The molecule has 3 aromatic carbocycles. The Hall–Kier alpha value is -3.25. The largest absolute Gasteiger partial charge is 0.326 e. The van der Waals surface area contributed by atoms with E-state index in [0.29, 0.717) is 0 Å². The number of imidazole rings is 1. The maximum absolute atomic E-state index is 13.5. The first kappa shape index (κ1) is 20.6. The SMILES string of the molecule is O=c1[nH]c2ccccc2n1C1CCN(CC(c2ccc(F)cc2)c2ccc(F)cc2)CC1. The number of piperidine rings is 1. The fourth-order valence-corrected chi connectivity index (χ4v) is 4.85. The summed E-state index contributed by atoms with van der Waals surface area (Å²) >= 11 is 0. The number of aromatic nitrogens is 2. The minimum Gasteiger partial charge on any atom is -0.306 e. The Morgan fingerprint density at radius 1 is 0.844 bits per heavy atom. The van der Waals surface area contributed by atoms with Crippen molar-refractivity contribution in [2.45, 2.75) is 24.8 Å². The molecule has 5 rings (SSSR count). The van der Waals surface area contributed by atoms with Crippen molar-refractivity contribution in [2.75, 3.05) is 19.6 Å². The summed E-state index contributed by atoms with van der Waals surface area (Å²) < 4.78 is 28.9. The second kappa shape index (κ2) is 8.71. The molecular formula is C26H25F2N3O. The fraction of sp³-hybridized carbons (Fsp3) is 0.269. The van der Waals surface area contributed by atoms with Crippen LogP contribution in [0.1, 0.15) is 35.9 Å². The molecule has 0 unspecified atom stereocenters. The smallest absolute Gasteiger partial charge is 0.306 e. The molecule has 0 saturated carbocycles. The minimum absolute atomic E-state index is 0.0172. The van der Waals surface area contributed by atoms with Crippen molar-refractivity contribution in [2.24, 2.45) is 0 Å². The zero-order chi connectivity index (χ0) is 22.1. The highest BCUT2D eigenvalue weighted by molar-refractivity contribution is 5.75. The van der Waals surface area contributed by atoms with E-state index in [1.165, 1.54) is 24.3 Å². The van der Waals surface area contributed by atoms with Crippen LogP contribution in [0, 0.1) is 11.6 Å². The van der Waals surface area contributed by atoms with E-state index < -0.39 is 0 Å². The van der Waals surface area contributed by atoms with E-state index in [1.54, 1.807) is 0 Å². The summed E-state index contributed by atoms with van der Waals surface area (Å²) in [5.74, 6) is -0.517. The first-order valence-electron chi connectivity index (χ1n) is 11.0. The van der Waals surface area contributed by atoms with Crippen LogP contribution < -0.4 is 5.69 Å². The number of H-pyrrole nitrogens is 1. The Bertz CT molecular complexity index is 1210. The molecule has 164 valence electrons. The first-order valence-corrected chi connectivity index (χ1v) is 11.0. The van der Waals surface area contributed by atoms with Crippen LogP contribution >= 0.6 is 0 Å². The molecule has 0 atom stereocenters. The van der Waals surface area contributed by atoms with Gasteiger partial charge in [0.05, 0.1) is 11.0 Å². The lowest BCUT2D eigenvalue weighted by molar-refractivity contribution is 0.182. The van der Waals surface area contributed by atoms with Crippen LogP contribution in [0.2, 0.25) is 0 Å². The quantitative estimate of drug-likeness (QED) is 0.477. The van der Waals surface area contributed by atoms with Gasteiger partial charge in [-0.05, 0) is 60.4 Å². The zero-order valence-corrected chi connectivity index (χ0v) is 17.7. The summed E-state index contributed by atoms with van der Waals surface area (Å²) in [5.41, 5.74) is 3.78. The van der Waals surface area contributed by atoms with Crippen molar-refractivity contribution >= 4 is 11.0 Å². The highest BCUT2D eigenvalue weighted by Gasteiger charge is 2.26. The van der Waals surface area contributed by atoms with Gasteiger partial charge in [0.1, 0.15) is 11.6 Å². The molecular weight excluding hydrogens is 408 g/mol. The molecule has 6 heteroatoms. The van der Waals surface area contributed by atoms with E-state index >= 15 is 0 Å². The Morgan fingerprint density at radius 3 is 2.00 bits per heavy atom. The summed E-state index contributed by atoms with van der Waals surface area (Å²) in [6, 6.07) is 21.1. The zero-order valence-electron chi connectivity index (χ0n) is 17.7. The molecule has 0 amide bonds. The van der Waals surface area contributed by atoms with E-state index in [2.05, 4.69) is 9.88 Å². The van der Waals surface area contributed by atoms with Crippen molar-refractivity contribution in [3.63, 3.8) is 0 Å². The standard InChI is InChI=1S/C26H25F2N3O/c27-20-9-5-18(6-10-20)23(19-7-11-21(28)12-8-19)17-30-15-13-22(14-16-30)31-25-4-2-1-3-24(25)29-26(31)32/h1-12,22-23H,13-17H2,(H,29,32). The average Bonchev–Trinajstić information content (AvgIpc) is 3.15. The van der Waals surface area contributed by atoms with Crippen LogP contribution in [0.3, 0.4) is 0 Å². The van der Waals surface area contributed by atoms with Gasteiger partial charge in [0, 0.05) is 31.6 Å². The molecule has 1 fully saturated rings. The summed E-state index contributed by atoms with van der Waals surface area (Å²) in [5, 5.41) is 0. The lowest BCUT2D eigenvalue weighted by Crippen LogP contribution is -2.39. The lowest BCUT2D eigenvalue weighted by Gasteiger charge is -2.35. The molecule has 0 bridgehead atoms. The number of hydrogen-bond acceptors (Lipinski definition) is 2. The van der Waals surface area contributed by atoms with Crippen molar-refractivity contribution in [3.8, 4) is 0 Å². The molecule has 0 radical (unpaired) electrons. The second-order valence-electron chi connectivity index (χ2n) is 8.50. The number of fused-ring (bicyclic) bond motifs is 1. The van der Waals surface area contributed by atoms with E-state index in [1.807, 2.05) is 53.1 Å². The van der Waals surface area contributed by atoms with Gasteiger partial charge in [0.2, 0.25) is 0 Å². The topological polar surface area (TPSA) is 41.0 Å². The predicted octanol–water partition coefficient (Wildman–Crippen LogP) is 5.08. The number of benzene rings is 3. The van der Waals surface area contributed by atoms with E-state index in [9.17, 15) is 13.6 Å². The number of rotatable bonds is 5. The first-order chi connectivity index (χ1) is 15.6. The molecule has 4 nitrogen and oxygen atoms in total. The number of halogens is 2. The van der Waals surface area contributed by atoms with Crippen LogP contribution in [0.4, 0.5) is 8.78 Å². The number of likely N-dealkylation sites (tertiary alicyclic amines) is 1. The molecule has 0 aliphatic carbocycles. The number of nitrogens with one attached hydrogen (secondary N) is 1. The number of para-hydroxylation sites is 2. The molecule has 1 saturated heterocycles. The Labute approximate surface area is 185 Å². The summed E-state index contributed by atoms with van der Waals surface area (Å²) in [7, 11) is 0. The van der Waals surface area contributed by atoms with Crippen LogP contribution in [0.5, 0.6) is 0 Å². The van der Waals surface area contributed by atoms with Crippen LogP contribution in [0.25, 0.3) is 11.0 Å². The van der Waals surface area contributed by atoms with E-state index in [0.717, 1.165) is 54.6 Å². The normalized spacial score (nSPS) is 15.6. The molecule has 0 spiro atoms. The summed E-state index contributed by atoms with van der Waals surface area (Å²) in [4.78, 5) is 17.9. The molecule has 2 heterocycles. The fourth-order valence-electron chi connectivity index (χ4n) is 4.85. The van der Waals surface area contributed by atoms with Crippen molar-refractivity contribution in [3.05, 3.63) is 106 Å². The van der Waals surface area contributed by atoms with Gasteiger partial charge in [-0.1, -0.05) is 36.4 Å². The number of nitrogens with zero attached hydrogens (tertiary/aromatic N) is 2. The maximum atomic E-state index is 13.5. The lowest BCUT2D eigenvalue weighted by atomic mass is 9.90. The minimum atomic E-state index is -0.267. The monoisotopic (exact) mass is 433 g/mol. The molecule has 1 aromatic heterocycles. The number of hydrogen-bond donors (Lipinski definition) is 1. The number of aromatic amines is 1. The van der Waals surface area contributed by atoms with Gasteiger partial charge in [-0.2, -0.15) is 0 Å². The third-order valence-electron chi connectivity index (χ3n) is 6.53. The van der Waals surface area contributed by atoms with Crippen molar-refractivity contribution < 1.29 is 8.78 Å². The van der Waals surface area contributed by atoms with Gasteiger partial charge in [0.15, 0.2) is 0 Å². The van der Waals surface area contributed by atoms with Gasteiger partial charge in [0.25, 0.3) is 0 Å².